The Bertz CT molecular complexity index is 1630. The highest BCUT2D eigenvalue weighted by atomic mass is 19.3. The molecule has 2 heterocycles. The number of likely N-dealkylation sites (N-methyl/N-ethyl adjacent to an activating group) is 1. The minimum Gasteiger partial charge on any atom is -0.480 e. The van der Waals surface area contributed by atoms with E-state index in [1.165, 1.54) is 23.0 Å². The van der Waals surface area contributed by atoms with E-state index in [1.807, 2.05) is 6.92 Å². The molecule has 15 heteroatoms. The average molecular weight is 619 g/mol. The second kappa shape index (κ2) is 14.6. The van der Waals surface area contributed by atoms with Gasteiger partial charge in [0.15, 0.2) is 23.0 Å². The Morgan fingerprint density at radius 1 is 1.11 bits per heavy atom. The van der Waals surface area contributed by atoms with Crippen molar-refractivity contribution in [3.05, 3.63) is 71.7 Å². The molecule has 0 radical (unpaired) electrons. The number of aryl methyl sites for hydroxylation is 1. The molecular formula is C29H30F4N6O5. The average Bonchev–Trinajstić information content (AvgIpc) is 3.41. The SMILES string of the molecule is CCc1cc(Nc2nccn3c(-c4ccc(OC(F)F)c(F)c4F)cnc23)ccc1C(=O)NCCOCCN(C)CC(=O)O. The number of carboxylic acid groups (broad SMARTS) is 1. The van der Waals surface area contributed by atoms with Gasteiger partial charge < -0.3 is 25.2 Å². The molecule has 2 aromatic carbocycles. The van der Waals surface area contributed by atoms with E-state index < -0.39 is 30.0 Å². The van der Waals surface area contributed by atoms with Crippen LogP contribution < -0.4 is 15.4 Å². The molecule has 0 fully saturated rings. The Morgan fingerprint density at radius 3 is 2.64 bits per heavy atom. The van der Waals surface area contributed by atoms with Crippen LogP contribution in [0.15, 0.2) is 48.9 Å². The summed E-state index contributed by atoms with van der Waals surface area (Å²) in [5, 5.41) is 14.7. The Hall–Kier alpha value is -4.76. The summed E-state index contributed by atoms with van der Waals surface area (Å²) in [6.07, 6.45) is 4.77. The van der Waals surface area contributed by atoms with Gasteiger partial charge in [-0.25, -0.2) is 14.4 Å². The van der Waals surface area contributed by atoms with Crippen LogP contribution in [0.4, 0.5) is 29.1 Å². The summed E-state index contributed by atoms with van der Waals surface area (Å²) < 4.78 is 65.2. The molecule has 11 nitrogen and oxygen atoms in total. The first-order valence-corrected chi connectivity index (χ1v) is 13.5. The molecule has 0 aliphatic heterocycles. The number of carbonyl (C=O) groups excluding carboxylic acids is 1. The molecule has 4 rings (SSSR count). The summed E-state index contributed by atoms with van der Waals surface area (Å²) in [6.45, 7) is -0.189. The Balaban J connectivity index is 1.43. The van der Waals surface area contributed by atoms with Gasteiger partial charge in [-0.1, -0.05) is 6.92 Å². The van der Waals surface area contributed by atoms with E-state index in [1.54, 1.807) is 30.1 Å². The van der Waals surface area contributed by atoms with Crippen molar-refractivity contribution in [2.24, 2.45) is 0 Å². The van der Waals surface area contributed by atoms with Crippen molar-refractivity contribution in [1.82, 2.24) is 24.6 Å². The lowest BCUT2D eigenvalue weighted by molar-refractivity contribution is -0.138. The van der Waals surface area contributed by atoms with Crippen LogP contribution in [0.2, 0.25) is 0 Å². The van der Waals surface area contributed by atoms with E-state index in [4.69, 9.17) is 9.84 Å². The highest BCUT2D eigenvalue weighted by molar-refractivity contribution is 5.96. The van der Waals surface area contributed by atoms with Gasteiger partial charge in [-0.05, 0) is 49.4 Å². The van der Waals surface area contributed by atoms with Gasteiger partial charge in [0.2, 0.25) is 5.82 Å². The number of aromatic nitrogens is 3. The fourth-order valence-electron chi connectivity index (χ4n) is 4.41. The Labute approximate surface area is 249 Å². The maximum absolute atomic E-state index is 14.8. The molecule has 0 aliphatic carbocycles. The Morgan fingerprint density at radius 2 is 1.91 bits per heavy atom. The third-order valence-corrected chi connectivity index (χ3v) is 6.51. The van der Waals surface area contributed by atoms with Gasteiger partial charge in [-0.15, -0.1) is 0 Å². The first kappa shape index (κ1) is 32.2. The number of hydrogen-bond donors (Lipinski definition) is 3. The van der Waals surface area contributed by atoms with Gasteiger partial charge in [0, 0.05) is 42.3 Å². The van der Waals surface area contributed by atoms with Crippen molar-refractivity contribution in [2.75, 3.05) is 45.2 Å². The van der Waals surface area contributed by atoms with Gasteiger partial charge in [0.25, 0.3) is 5.91 Å². The van der Waals surface area contributed by atoms with Gasteiger partial charge in [-0.3, -0.25) is 18.9 Å². The zero-order chi connectivity index (χ0) is 31.8. The fourth-order valence-corrected chi connectivity index (χ4v) is 4.41. The molecule has 234 valence electrons. The molecule has 0 saturated carbocycles. The molecular weight excluding hydrogens is 588 g/mol. The highest BCUT2D eigenvalue weighted by Crippen LogP contribution is 2.32. The maximum Gasteiger partial charge on any atom is 0.387 e. The smallest absolute Gasteiger partial charge is 0.387 e. The van der Waals surface area contributed by atoms with Gasteiger partial charge in [0.05, 0.1) is 31.6 Å². The van der Waals surface area contributed by atoms with Crippen molar-refractivity contribution in [1.29, 1.82) is 0 Å². The number of aliphatic carboxylic acids is 1. The Kier molecular flexibility index (Phi) is 10.7. The van der Waals surface area contributed by atoms with Crippen molar-refractivity contribution in [3.8, 4) is 17.0 Å². The van der Waals surface area contributed by atoms with E-state index in [0.717, 1.165) is 17.7 Å². The zero-order valence-corrected chi connectivity index (χ0v) is 23.8. The molecule has 0 spiro atoms. The van der Waals surface area contributed by atoms with E-state index in [0.29, 0.717) is 36.6 Å². The first-order valence-electron chi connectivity index (χ1n) is 13.5. The normalized spacial score (nSPS) is 11.4. The number of carboxylic acids is 1. The lowest BCUT2D eigenvalue weighted by Gasteiger charge is -2.14. The molecule has 0 atom stereocenters. The number of rotatable bonds is 15. The topological polar surface area (TPSA) is 130 Å². The second-order valence-corrected chi connectivity index (χ2v) is 9.58. The third kappa shape index (κ3) is 7.79. The summed E-state index contributed by atoms with van der Waals surface area (Å²) >= 11 is 0. The summed E-state index contributed by atoms with van der Waals surface area (Å²) in [5.74, 6) is -4.73. The molecule has 1 amide bonds. The largest absolute Gasteiger partial charge is 0.480 e. The van der Waals surface area contributed by atoms with Crippen LogP contribution in [0, 0.1) is 11.6 Å². The zero-order valence-electron chi connectivity index (χ0n) is 23.8. The van der Waals surface area contributed by atoms with Crippen LogP contribution in [0.25, 0.3) is 16.9 Å². The third-order valence-electron chi connectivity index (χ3n) is 6.51. The lowest BCUT2D eigenvalue weighted by Crippen LogP contribution is -2.31. The summed E-state index contributed by atoms with van der Waals surface area (Å²) in [6, 6.07) is 7.18. The molecule has 2 aromatic heterocycles. The number of halogens is 4. The van der Waals surface area contributed by atoms with Crippen LogP contribution in [0.5, 0.6) is 5.75 Å². The molecule has 0 saturated heterocycles. The van der Waals surface area contributed by atoms with E-state index in [2.05, 4.69) is 25.3 Å². The number of alkyl halides is 2. The van der Waals surface area contributed by atoms with Gasteiger partial charge >= 0.3 is 12.6 Å². The van der Waals surface area contributed by atoms with Crippen molar-refractivity contribution in [3.63, 3.8) is 0 Å². The van der Waals surface area contributed by atoms with Crippen molar-refractivity contribution >= 4 is 29.0 Å². The summed E-state index contributed by atoms with van der Waals surface area (Å²) in [4.78, 5) is 33.7. The minimum atomic E-state index is -3.31. The van der Waals surface area contributed by atoms with Crippen molar-refractivity contribution in [2.45, 2.75) is 20.0 Å². The second-order valence-electron chi connectivity index (χ2n) is 9.58. The number of fused-ring (bicyclic) bond motifs is 1. The molecule has 0 bridgehead atoms. The van der Waals surface area contributed by atoms with Crippen LogP contribution in [0.3, 0.4) is 0 Å². The van der Waals surface area contributed by atoms with Crippen LogP contribution in [0.1, 0.15) is 22.8 Å². The number of imidazole rings is 1. The molecule has 4 aromatic rings. The lowest BCUT2D eigenvalue weighted by atomic mass is 10.0. The van der Waals surface area contributed by atoms with Crippen molar-refractivity contribution < 1.29 is 41.7 Å². The summed E-state index contributed by atoms with van der Waals surface area (Å²) in [7, 11) is 1.68. The van der Waals surface area contributed by atoms with Gasteiger partial charge in [-0.2, -0.15) is 13.2 Å². The predicted octanol–water partition coefficient (Wildman–Crippen LogP) is 4.34. The fraction of sp³-hybridized carbons (Fsp3) is 0.310. The number of nitrogens with zero attached hydrogens (tertiary/aromatic N) is 4. The number of ether oxygens (including phenoxy) is 2. The molecule has 3 N–H and O–H groups in total. The number of anilines is 2. The van der Waals surface area contributed by atoms with E-state index in [9.17, 15) is 27.2 Å². The number of carbonyl (C=O) groups is 2. The molecule has 0 unspecified atom stereocenters. The van der Waals surface area contributed by atoms with Crippen LogP contribution >= 0.6 is 0 Å². The van der Waals surface area contributed by atoms with Crippen LogP contribution in [-0.4, -0.2) is 82.8 Å². The van der Waals surface area contributed by atoms with E-state index in [-0.39, 0.29) is 42.5 Å². The predicted molar refractivity (Wildman–Crippen MR) is 152 cm³/mol. The highest BCUT2D eigenvalue weighted by Gasteiger charge is 2.21. The standard InChI is InChI=1S/C29H30F4N6O5/c1-3-17-14-18(4-5-19(17)28(42)35-9-12-43-13-11-38(2)16-23(40)41)37-26-27-36-15-21(39(27)10-8-34-26)20-6-7-22(44-29(32)33)25(31)24(20)30/h4-8,10,14-15,29H,3,9,11-13,16H2,1-2H3,(H,34,37)(H,35,42)(H,40,41). The number of nitrogens with one attached hydrogen (secondary N) is 2. The monoisotopic (exact) mass is 618 g/mol. The quantitative estimate of drug-likeness (QED) is 0.132. The molecule has 44 heavy (non-hydrogen) atoms. The minimum absolute atomic E-state index is 0.0851. The number of benzene rings is 2. The molecule has 0 aliphatic rings. The maximum atomic E-state index is 14.8. The number of hydrogen-bond acceptors (Lipinski definition) is 8. The summed E-state index contributed by atoms with van der Waals surface area (Å²) in [5.41, 5.74) is 2.05. The van der Waals surface area contributed by atoms with Gasteiger partial charge in [0.1, 0.15) is 0 Å². The first-order chi connectivity index (χ1) is 21.1. The van der Waals surface area contributed by atoms with E-state index >= 15 is 0 Å². The van der Waals surface area contributed by atoms with Crippen LogP contribution in [-0.2, 0) is 16.0 Å². The number of amides is 1.